The van der Waals surface area contributed by atoms with Gasteiger partial charge in [0.1, 0.15) is 11.6 Å². The maximum atomic E-state index is 12.9. The molecule has 1 unspecified atom stereocenters. The van der Waals surface area contributed by atoms with Crippen molar-refractivity contribution in [2.45, 2.75) is 65.0 Å². The van der Waals surface area contributed by atoms with Crippen molar-refractivity contribution in [1.29, 1.82) is 0 Å². The number of amides is 1. The fourth-order valence-corrected chi connectivity index (χ4v) is 3.41. The number of hydrogen-bond donors (Lipinski definition) is 0. The van der Waals surface area contributed by atoms with Gasteiger partial charge in [0.25, 0.3) is 0 Å². The molecule has 6 heteroatoms. The fraction of sp³-hybridized carbons (Fsp3) is 0.591. The van der Waals surface area contributed by atoms with Crippen LogP contribution >= 0.6 is 0 Å². The molecule has 154 valence electrons. The Labute approximate surface area is 167 Å². The summed E-state index contributed by atoms with van der Waals surface area (Å²) in [7, 11) is 0. The number of likely N-dealkylation sites (tertiary alicyclic amines) is 1. The van der Waals surface area contributed by atoms with Crippen LogP contribution in [-0.2, 0) is 30.3 Å². The highest BCUT2D eigenvalue weighted by atomic mass is 16.6. The van der Waals surface area contributed by atoms with E-state index in [0.29, 0.717) is 19.4 Å². The van der Waals surface area contributed by atoms with Crippen molar-refractivity contribution in [2.75, 3.05) is 13.2 Å². The summed E-state index contributed by atoms with van der Waals surface area (Å²) in [4.78, 5) is 39.4. The highest BCUT2D eigenvalue weighted by Crippen LogP contribution is 2.24. The zero-order chi connectivity index (χ0) is 20.7. The van der Waals surface area contributed by atoms with Crippen LogP contribution in [0.4, 0.5) is 0 Å². The van der Waals surface area contributed by atoms with Crippen LogP contribution in [-0.4, -0.2) is 47.5 Å². The largest absolute Gasteiger partial charge is 0.466 e. The van der Waals surface area contributed by atoms with E-state index in [4.69, 9.17) is 9.47 Å². The molecule has 0 spiro atoms. The summed E-state index contributed by atoms with van der Waals surface area (Å²) >= 11 is 0. The van der Waals surface area contributed by atoms with E-state index in [9.17, 15) is 14.4 Å². The molecule has 0 N–H and O–H groups in total. The van der Waals surface area contributed by atoms with Crippen LogP contribution in [0.25, 0.3) is 0 Å². The molecule has 0 radical (unpaired) electrons. The highest BCUT2D eigenvalue weighted by Gasteiger charge is 2.38. The van der Waals surface area contributed by atoms with Crippen LogP contribution in [0.2, 0.25) is 0 Å². The molecule has 1 aliphatic heterocycles. The molecule has 2 atom stereocenters. The summed E-state index contributed by atoms with van der Waals surface area (Å²) in [6.07, 6.45) is 1.78. The third-order valence-corrected chi connectivity index (χ3v) is 4.62. The third-order valence-electron chi connectivity index (χ3n) is 4.62. The van der Waals surface area contributed by atoms with Crippen LogP contribution in [0.15, 0.2) is 30.3 Å². The van der Waals surface area contributed by atoms with E-state index in [1.165, 1.54) is 0 Å². The molecule has 1 heterocycles. The Kier molecular flexibility index (Phi) is 7.61. The van der Waals surface area contributed by atoms with Crippen molar-refractivity contribution in [2.24, 2.45) is 5.92 Å². The molecule has 1 fully saturated rings. The van der Waals surface area contributed by atoms with Crippen LogP contribution < -0.4 is 0 Å². The van der Waals surface area contributed by atoms with Gasteiger partial charge in [0.05, 0.1) is 12.5 Å². The number of carbonyl (C=O) groups is 3. The monoisotopic (exact) mass is 389 g/mol. The number of esters is 2. The molecule has 0 bridgehead atoms. The molecular formula is C22H31NO5. The Morgan fingerprint density at radius 2 is 1.86 bits per heavy atom. The SMILES string of the molecule is CCOC(=O)C(CC(=O)N1CCC[C@H]1C(=O)OC(C)(C)C)Cc1ccccc1. The van der Waals surface area contributed by atoms with Gasteiger partial charge >= 0.3 is 11.9 Å². The minimum absolute atomic E-state index is 0.0209. The van der Waals surface area contributed by atoms with Gasteiger partial charge in [-0.1, -0.05) is 30.3 Å². The molecule has 0 saturated carbocycles. The summed E-state index contributed by atoms with van der Waals surface area (Å²) in [6, 6.07) is 8.98. The minimum Gasteiger partial charge on any atom is -0.466 e. The van der Waals surface area contributed by atoms with E-state index in [2.05, 4.69) is 0 Å². The summed E-state index contributed by atoms with van der Waals surface area (Å²) in [6.45, 7) is 7.94. The zero-order valence-electron chi connectivity index (χ0n) is 17.3. The molecule has 28 heavy (non-hydrogen) atoms. The van der Waals surface area contributed by atoms with Crippen molar-refractivity contribution in [3.05, 3.63) is 35.9 Å². The molecule has 1 aromatic rings. The Morgan fingerprint density at radius 1 is 1.18 bits per heavy atom. The second-order valence-corrected chi connectivity index (χ2v) is 8.12. The van der Waals surface area contributed by atoms with Crippen molar-refractivity contribution < 1.29 is 23.9 Å². The lowest BCUT2D eigenvalue weighted by Gasteiger charge is -2.28. The standard InChI is InChI=1S/C22H31NO5/c1-5-27-20(25)17(14-16-10-7-6-8-11-16)15-19(24)23-13-9-12-18(23)21(26)28-22(2,3)4/h6-8,10-11,17-18H,5,9,12-15H2,1-4H3/t17?,18-/m0/s1. The molecule has 1 aromatic carbocycles. The first-order chi connectivity index (χ1) is 13.2. The lowest BCUT2D eigenvalue weighted by Crippen LogP contribution is -2.44. The lowest BCUT2D eigenvalue weighted by molar-refractivity contribution is -0.163. The van der Waals surface area contributed by atoms with E-state index in [-0.39, 0.29) is 30.9 Å². The molecule has 0 aromatic heterocycles. The Bertz CT molecular complexity index is 680. The maximum Gasteiger partial charge on any atom is 0.329 e. The van der Waals surface area contributed by atoms with Gasteiger partial charge in [-0.25, -0.2) is 4.79 Å². The molecule has 1 saturated heterocycles. The van der Waals surface area contributed by atoms with Crippen LogP contribution in [0.1, 0.15) is 52.5 Å². The van der Waals surface area contributed by atoms with Gasteiger partial charge in [-0.15, -0.1) is 0 Å². The molecule has 0 aliphatic carbocycles. The topological polar surface area (TPSA) is 72.9 Å². The van der Waals surface area contributed by atoms with Gasteiger partial charge in [0.2, 0.25) is 5.91 Å². The smallest absolute Gasteiger partial charge is 0.329 e. The maximum absolute atomic E-state index is 12.9. The number of rotatable bonds is 7. The Balaban J connectivity index is 2.08. The summed E-state index contributed by atoms with van der Waals surface area (Å²) < 4.78 is 10.6. The second kappa shape index (κ2) is 9.71. The van der Waals surface area contributed by atoms with Gasteiger partial charge in [0.15, 0.2) is 0 Å². The van der Waals surface area contributed by atoms with E-state index in [1.54, 1.807) is 11.8 Å². The van der Waals surface area contributed by atoms with Gasteiger partial charge in [0, 0.05) is 13.0 Å². The van der Waals surface area contributed by atoms with Crippen molar-refractivity contribution in [1.82, 2.24) is 4.90 Å². The van der Waals surface area contributed by atoms with E-state index in [0.717, 1.165) is 12.0 Å². The summed E-state index contributed by atoms with van der Waals surface area (Å²) in [5.74, 6) is -1.54. The number of ether oxygens (including phenoxy) is 2. The Hall–Kier alpha value is -2.37. The third kappa shape index (κ3) is 6.36. The van der Waals surface area contributed by atoms with Crippen molar-refractivity contribution in [3.8, 4) is 0 Å². The van der Waals surface area contributed by atoms with Gasteiger partial charge < -0.3 is 14.4 Å². The predicted molar refractivity (Wildman–Crippen MR) is 105 cm³/mol. The van der Waals surface area contributed by atoms with Crippen LogP contribution in [0, 0.1) is 5.92 Å². The van der Waals surface area contributed by atoms with Crippen molar-refractivity contribution >= 4 is 17.8 Å². The highest BCUT2D eigenvalue weighted by molar-refractivity contribution is 5.88. The average molecular weight is 389 g/mol. The molecule has 2 rings (SSSR count). The van der Waals surface area contributed by atoms with E-state index >= 15 is 0 Å². The fourth-order valence-electron chi connectivity index (χ4n) is 3.41. The molecule has 6 nitrogen and oxygen atoms in total. The Morgan fingerprint density at radius 3 is 2.46 bits per heavy atom. The molecule has 1 amide bonds. The van der Waals surface area contributed by atoms with Crippen molar-refractivity contribution in [3.63, 3.8) is 0 Å². The summed E-state index contributed by atoms with van der Waals surface area (Å²) in [5, 5.41) is 0. The van der Waals surface area contributed by atoms with Gasteiger partial charge in [-0.05, 0) is 52.5 Å². The predicted octanol–water partition coefficient (Wildman–Crippen LogP) is 3.13. The number of carbonyl (C=O) groups excluding carboxylic acids is 3. The van der Waals surface area contributed by atoms with Crippen LogP contribution in [0.5, 0.6) is 0 Å². The van der Waals surface area contributed by atoms with E-state index < -0.39 is 17.6 Å². The first-order valence-electron chi connectivity index (χ1n) is 9.94. The quantitative estimate of drug-likeness (QED) is 0.670. The van der Waals surface area contributed by atoms with Gasteiger partial charge in [-0.2, -0.15) is 0 Å². The minimum atomic E-state index is -0.602. The number of nitrogens with zero attached hydrogens (tertiary/aromatic N) is 1. The molecule has 1 aliphatic rings. The number of hydrogen-bond acceptors (Lipinski definition) is 5. The first kappa shape index (κ1) is 21.9. The van der Waals surface area contributed by atoms with Gasteiger partial charge in [-0.3, -0.25) is 9.59 Å². The number of benzene rings is 1. The second-order valence-electron chi connectivity index (χ2n) is 8.12. The first-order valence-corrected chi connectivity index (χ1v) is 9.94. The summed E-state index contributed by atoms with van der Waals surface area (Å²) in [5.41, 5.74) is 0.369. The average Bonchev–Trinajstić information content (AvgIpc) is 3.11. The molecular weight excluding hydrogens is 358 g/mol. The van der Waals surface area contributed by atoms with Crippen LogP contribution in [0.3, 0.4) is 0 Å². The normalized spacial score (nSPS) is 17.9. The lowest BCUT2D eigenvalue weighted by atomic mass is 9.95. The zero-order valence-corrected chi connectivity index (χ0v) is 17.3. The van der Waals surface area contributed by atoms with E-state index in [1.807, 2.05) is 51.1 Å².